The van der Waals surface area contributed by atoms with Crippen molar-refractivity contribution >= 4 is 23.4 Å². The van der Waals surface area contributed by atoms with Gasteiger partial charge in [-0.1, -0.05) is 18.2 Å². The molecule has 0 radical (unpaired) electrons. The summed E-state index contributed by atoms with van der Waals surface area (Å²) in [4.78, 5) is 13.9. The van der Waals surface area contributed by atoms with Crippen LogP contribution in [0, 0.1) is 11.6 Å². The van der Waals surface area contributed by atoms with E-state index in [-0.39, 0.29) is 17.2 Å². The molecule has 0 atom stereocenters. The van der Waals surface area contributed by atoms with Crippen molar-refractivity contribution in [3.05, 3.63) is 48.0 Å². The van der Waals surface area contributed by atoms with Crippen molar-refractivity contribution < 1.29 is 13.6 Å². The Kier molecular flexibility index (Phi) is 4.16. The minimum absolute atomic E-state index is 0.0328. The SMILES string of the molecule is CSc1ccccc1-c1ccc(N2CCCC2=O)c(F)c1F. The van der Waals surface area contributed by atoms with Crippen molar-refractivity contribution in [3.8, 4) is 11.1 Å². The zero-order chi connectivity index (χ0) is 15.7. The molecule has 0 aliphatic carbocycles. The van der Waals surface area contributed by atoms with Gasteiger partial charge in [0.1, 0.15) is 0 Å². The number of carbonyl (C=O) groups is 1. The summed E-state index contributed by atoms with van der Waals surface area (Å²) in [5.74, 6) is -2.02. The Morgan fingerprint density at radius 1 is 1.05 bits per heavy atom. The van der Waals surface area contributed by atoms with Crippen LogP contribution in [0.3, 0.4) is 0 Å². The summed E-state index contributed by atoms with van der Waals surface area (Å²) in [6.07, 6.45) is 2.96. The molecule has 5 heteroatoms. The molecule has 22 heavy (non-hydrogen) atoms. The molecule has 1 amide bonds. The summed E-state index contributed by atoms with van der Waals surface area (Å²) in [6.45, 7) is 0.440. The first kappa shape index (κ1) is 15.0. The molecule has 0 bridgehead atoms. The van der Waals surface area contributed by atoms with Gasteiger partial charge in [-0.25, -0.2) is 8.78 Å². The van der Waals surface area contributed by atoms with E-state index in [1.807, 2.05) is 18.4 Å². The van der Waals surface area contributed by atoms with E-state index in [1.54, 1.807) is 18.2 Å². The van der Waals surface area contributed by atoms with Gasteiger partial charge in [-0.05, 0) is 36.4 Å². The number of hydrogen-bond donors (Lipinski definition) is 0. The third-order valence-electron chi connectivity index (χ3n) is 3.82. The predicted octanol–water partition coefficient (Wildman–Crippen LogP) is 4.48. The first-order valence-electron chi connectivity index (χ1n) is 7.05. The van der Waals surface area contributed by atoms with Gasteiger partial charge in [0.2, 0.25) is 5.91 Å². The van der Waals surface area contributed by atoms with E-state index in [9.17, 15) is 13.6 Å². The second kappa shape index (κ2) is 6.08. The van der Waals surface area contributed by atoms with Gasteiger partial charge >= 0.3 is 0 Å². The molecular weight excluding hydrogens is 304 g/mol. The zero-order valence-electron chi connectivity index (χ0n) is 12.1. The molecule has 1 saturated heterocycles. The normalized spacial score (nSPS) is 14.7. The number of benzene rings is 2. The van der Waals surface area contributed by atoms with Crippen LogP contribution < -0.4 is 4.90 Å². The van der Waals surface area contributed by atoms with Crippen LogP contribution in [0.5, 0.6) is 0 Å². The number of nitrogens with zero attached hydrogens (tertiary/aromatic N) is 1. The minimum Gasteiger partial charge on any atom is -0.310 e. The molecule has 1 fully saturated rings. The number of rotatable bonds is 3. The summed E-state index contributed by atoms with van der Waals surface area (Å²) in [6, 6.07) is 10.3. The molecule has 2 aromatic rings. The Bertz CT molecular complexity index is 733. The van der Waals surface area contributed by atoms with Gasteiger partial charge in [0.15, 0.2) is 11.6 Å². The van der Waals surface area contributed by atoms with Crippen molar-refractivity contribution in [2.45, 2.75) is 17.7 Å². The van der Waals surface area contributed by atoms with Crippen LogP contribution in [0.1, 0.15) is 12.8 Å². The molecule has 1 aliphatic heterocycles. The van der Waals surface area contributed by atoms with Gasteiger partial charge in [-0.2, -0.15) is 0 Å². The Morgan fingerprint density at radius 2 is 1.82 bits per heavy atom. The number of amides is 1. The van der Waals surface area contributed by atoms with Gasteiger partial charge in [-0.3, -0.25) is 4.79 Å². The molecule has 2 nitrogen and oxygen atoms in total. The van der Waals surface area contributed by atoms with Crippen LogP contribution in [-0.2, 0) is 4.79 Å². The molecule has 0 unspecified atom stereocenters. The maximum atomic E-state index is 14.5. The average molecular weight is 319 g/mol. The lowest BCUT2D eigenvalue weighted by Crippen LogP contribution is -2.25. The van der Waals surface area contributed by atoms with E-state index >= 15 is 0 Å². The van der Waals surface area contributed by atoms with Crippen LogP contribution in [0.15, 0.2) is 41.3 Å². The minimum atomic E-state index is -0.955. The number of thioether (sulfide) groups is 1. The first-order valence-corrected chi connectivity index (χ1v) is 8.27. The fourth-order valence-electron chi connectivity index (χ4n) is 2.73. The lowest BCUT2D eigenvalue weighted by Gasteiger charge is -2.18. The molecule has 0 saturated carbocycles. The number of carbonyl (C=O) groups excluding carboxylic acids is 1. The smallest absolute Gasteiger partial charge is 0.227 e. The summed E-state index contributed by atoms with van der Waals surface area (Å²) in [5.41, 5.74) is 0.911. The Morgan fingerprint density at radius 3 is 2.50 bits per heavy atom. The molecule has 3 rings (SSSR count). The van der Waals surface area contributed by atoms with Crippen molar-refractivity contribution in [3.63, 3.8) is 0 Å². The molecular formula is C17H15F2NOS. The van der Waals surface area contributed by atoms with E-state index < -0.39 is 11.6 Å². The van der Waals surface area contributed by atoms with Crippen LogP contribution in [0.2, 0.25) is 0 Å². The fraction of sp³-hybridized carbons (Fsp3) is 0.235. The lowest BCUT2D eigenvalue weighted by molar-refractivity contribution is -0.117. The van der Waals surface area contributed by atoms with Gasteiger partial charge < -0.3 is 4.90 Å². The van der Waals surface area contributed by atoms with Crippen LogP contribution in [0.25, 0.3) is 11.1 Å². The van der Waals surface area contributed by atoms with Crippen molar-refractivity contribution in [2.75, 3.05) is 17.7 Å². The maximum Gasteiger partial charge on any atom is 0.227 e. The molecule has 1 heterocycles. The quantitative estimate of drug-likeness (QED) is 0.777. The van der Waals surface area contributed by atoms with Gasteiger partial charge in [0.25, 0.3) is 0 Å². The highest BCUT2D eigenvalue weighted by Gasteiger charge is 2.27. The average Bonchev–Trinajstić information content (AvgIpc) is 2.96. The van der Waals surface area contributed by atoms with E-state index in [4.69, 9.17) is 0 Å². The molecule has 1 aliphatic rings. The van der Waals surface area contributed by atoms with Crippen LogP contribution >= 0.6 is 11.8 Å². The summed E-state index contributed by atoms with van der Waals surface area (Å²) in [7, 11) is 0. The summed E-state index contributed by atoms with van der Waals surface area (Å²) in [5, 5.41) is 0. The third-order valence-corrected chi connectivity index (χ3v) is 4.62. The van der Waals surface area contributed by atoms with Crippen LogP contribution in [-0.4, -0.2) is 18.7 Å². The molecule has 114 valence electrons. The van der Waals surface area contributed by atoms with Crippen LogP contribution in [0.4, 0.5) is 14.5 Å². The van der Waals surface area contributed by atoms with Gasteiger partial charge in [0, 0.05) is 23.4 Å². The lowest BCUT2D eigenvalue weighted by atomic mass is 10.0. The Balaban J connectivity index is 2.09. The van der Waals surface area contributed by atoms with Gasteiger partial charge in [0.05, 0.1) is 5.69 Å². The largest absolute Gasteiger partial charge is 0.310 e. The van der Waals surface area contributed by atoms with E-state index in [2.05, 4.69) is 0 Å². The topological polar surface area (TPSA) is 20.3 Å². The Labute approximate surface area is 132 Å². The van der Waals surface area contributed by atoms with E-state index in [0.717, 1.165) is 4.90 Å². The summed E-state index contributed by atoms with van der Waals surface area (Å²) < 4.78 is 29.0. The Hall–Kier alpha value is -1.88. The maximum absolute atomic E-state index is 14.5. The highest BCUT2D eigenvalue weighted by Crippen LogP contribution is 2.36. The number of hydrogen-bond acceptors (Lipinski definition) is 2. The molecule has 2 aromatic carbocycles. The van der Waals surface area contributed by atoms with E-state index in [0.29, 0.717) is 24.9 Å². The molecule has 0 spiro atoms. The second-order valence-electron chi connectivity index (χ2n) is 5.11. The fourth-order valence-corrected chi connectivity index (χ4v) is 3.34. The highest BCUT2D eigenvalue weighted by molar-refractivity contribution is 7.98. The van der Waals surface area contributed by atoms with Gasteiger partial charge in [-0.15, -0.1) is 11.8 Å². The second-order valence-corrected chi connectivity index (χ2v) is 5.96. The van der Waals surface area contributed by atoms with Crippen molar-refractivity contribution in [2.24, 2.45) is 0 Å². The van der Waals surface area contributed by atoms with Crippen molar-refractivity contribution in [1.29, 1.82) is 0 Å². The van der Waals surface area contributed by atoms with E-state index in [1.165, 1.54) is 22.7 Å². The highest BCUT2D eigenvalue weighted by atomic mass is 32.2. The third kappa shape index (κ3) is 2.50. The predicted molar refractivity (Wildman–Crippen MR) is 85.2 cm³/mol. The number of halogens is 2. The zero-order valence-corrected chi connectivity index (χ0v) is 12.9. The van der Waals surface area contributed by atoms with Crippen molar-refractivity contribution in [1.82, 2.24) is 0 Å². The standard InChI is InChI=1S/C17H15F2NOS/c1-22-14-6-3-2-5-11(14)12-8-9-13(17(19)16(12)18)20-10-4-7-15(20)21/h2-3,5-6,8-9H,4,7,10H2,1H3. The summed E-state index contributed by atoms with van der Waals surface area (Å²) >= 11 is 1.48. The first-order chi connectivity index (χ1) is 10.6. The molecule has 0 N–H and O–H groups in total. The monoisotopic (exact) mass is 319 g/mol. The molecule has 0 aromatic heterocycles. The number of anilines is 1.